The maximum atomic E-state index is 11.2. The molecule has 0 aromatic rings. The highest BCUT2D eigenvalue weighted by atomic mass is 32.2. The third kappa shape index (κ3) is 12.8. The summed E-state index contributed by atoms with van der Waals surface area (Å²) in [7, 11) is -3.20. The second-order valence-electron chi connectivity index (χ2n) is 4.90. The summed E-state index contributed by atoms with van der Waals surface area (Å²) >= 11 is 0. The fraction of sp³-hybridized carbons (Fsp3) is 0.636. The van der Waals surface area contributed by atoms with Gasteiger partial charge in [0.2, 0.25) is 5.91 Å². The molecule has 9 heteroatoms. The van der Waals surface area contributed by atoms with Gasteiger partial charge in [-0.05, 0) is 20.8 Å². The van der Waals surface area contributed by atoms with E-state index in [1.54, 1.807) is 20.8 Å². The van der Waals surface area contributed by atoms with Crippen LogP contribution in [0.3, 0.4) is 0 Å². The SMILES string of the molecule is CC(C)(C)OC(=O)NOCC(=O)NC/C=C/S(C)(=O)=O. The molecule has 0 unspecified atom stereocenters. The topological polar surface area (TPSA) is 111 Å². The van der Waals surface area contributed by atoms with Crippen LogP contribution in [-0.4, -0.2) is 45.4 Å². The van der Waals surface area contributed by atoms with Gasteiger partial charge in [0.25, 0.3) is 0 Å². The Labute approximate surface area is 118 Å². The van der Waals surface area contributed by atoms with E-state index in [0.29, 0.717) is 0 Å². The normalized spacial score (nSPS) is 12.2. The fourth-order valence-corrected chi connectivity index (χ4v) is 1.35. The predicted molar refractivity (Wildman–Crippen MR) is 72.3 cm³/mol. The van der Waals surface area contributed by atoms with Crippen molar-refractivity contribution in [2.75, 3.05) is 19.4 Å². The number of hydrogen-bond donors (Lipinski definition) is 2. The maximum Gasteiger partial charge on any atom is 0.431 e. The predicted octanol–water partition coefficient (Wildman–Crippen LogP) is 0.117. The molecule has 2 N–H and O–H groups in total. The minimum atomic E-state index is -3.20. The Morgan fingerprint density at radius 2 is 1.85 bits per heavy atom. The van der Waals surface area contributed by atoms with Crippen LogP contribution < -0.4 is 10.8 Å². The molecule has 0 aromatic carbocycles. The lowest BCUT2D eigenvalue weighted by Gasteiger charge is -2.19. The third-order valence-corrected chi connectivity index (χ3v) is 2.20. The van der Waals surface area contributed by atoms with E-state index in [1.807, 2.05) is 5.48 Å². The summed E-state index contributed by atoms with van der Waals surface area (Å²) in [5, 5.41) is 3.35. The van der Waals surface area contributed by atoms with Crippen LogP contribution in [0, 0.1) is 0 Å². The Balaban J connectivity index is 3.80. The van der Waals surface area contributed by atoms with Gasteiger partial charge in [0.1, 0.15) is 5.60 Å². The molecule has 20 heavy (non-hydrogen) atoms. The van der Waals surface area contributed by atoms with Crippen molar-refractivity contribution in [2.24, 2.45) is 0 Å². The van der Waals surface area contributed by atoms with Crippen LogP contribution >= 0.6 is 0 Å². The van der Waals surface area contributed by atoms with Crippen molar-refractivity contribution in [3.05, 3.63) is 11.5 Å². The largest absolute Gasteiger partial charge is 0.442 e. The van der Waals surface area contributed by atoms with Crippen LogP contribution in [0.25, 0.3) is 0 Å². The minimum absolute atomic E-state index is 0.0434. The van der Waals surface area contributed by atoms with E-state index in [4.69, 9.17) is 4.74 Å². The number of amides is 2. The van der Waals surface area contributed by atoms with E-state index in [-0.39, 0.29) is 6.54 Å². The Bertz CT molecular complexity index is 464. The monoisotopic (exact) mass is 308 g/mol. The minimum Gasteiger partial charge on any atom is -0.442 e. The molecule has 0 rings (SSSR count). The van der Waals surface area contributed by atoms with Crippen molar-refractivity contribution in [2.45, 2.75) is 26.4 Å². The molecule has 8 nitrogen and oxygen atoms in total. The van der Waals surface area contributed by atoms with Crippen molar-refractivity contribution in [3.63, 3.8) is 0 Å². The van der Waals surface area contributed by atoms with E-state index < -0.39 is 34.0 Å². The molecule has 0 aliphatic carbocycles. The standard InChI is InChI=1S/C11H20N2O6S/c1-11(2,3)19-10(15)13-18-8-9(14)12-6-5-7-20(4,16)17/h5,7H,6,8H2,1-4H3,(H,12,14)(H,13,15)/b7-5+. The second-order valence-corrected chi connectivity index (χ2v) is 6.83. The fourth-order valence-electron chi connectivity index (χ4n) is 0.906. The summed E-state index contributed by atoms with van der Waals surface area (Å²) in [6.07, 6.45) is 1.52. The lowest BCUT2D eigenvalue weighted by Crippen LogP contribution is -2.36. The second kappa shape index (κ2) is 7.85. The number of carbonyl (C=O) groups excluding carboxylic acids is 2. The van der Waals surface area contributed by atoms with Gasteiger partial charge in [-0.1, -0.05) is 6.08 Å². The number of nitrogens with one attached hydrogen (secondary N) is 2. The van der Waals surface area contributed by atoms with Crippen molar-refractivity contribution >= 4 is 21.8 Å². The molecule has 0 spiro atoms. The molecule has 0 aromatic heterocycles. The van der Waals surface area contributed by atoms with Gasteiger partial charge in [0, 0.05) is 18.2 Å². The van der Waals surface area contributed by atoms with Gasteiger partial charge < -0.3 is 10.1 Å². The van der Waals surface area contributed by atoms with E-state index >= 15 is 0 Å². The molecule has 0 radical (unpaired) electrons. The number of rotatable bonds is 6. The van der Waals surface area contributed by atoms with Gasteiger partial charge in [0.15, 0.2) is 16.4 Å². The number of hydrogen-bond acceptors (Lipinski definition) is 6. The smallest absolute Gasteiger partial charge is 0.431 e. The summed E-state index contributed by atoms with van der Waals surface area (Å²) < 4.78 is 26.4. The Morgan fingerprint density at radius 3 is 2.35 bits per heavy atom. The molecular weight excluding hydrogens is 288 g/mol. The van der Waals surface area contributed by atoms with E-state index in [9.17, 15) is 18.0 Å². The highest BCUT2D eigenvalue weighted by molar-refractivity contribution is 7.93. The Hall–Kier alpha value is -1.61. The summed E-state index contributed by atoms with van der Waals surface area (Å²) in [5.74, 6) is -0.515. The van der Waals surface area contributed by atoms with Crippen molar-refractivity contribution in [1.82, 2.24) is 10.8 Å². The highest BCUT2D eigenvalue weighted by Gasteiger charge is 2.16. The van der Waals surface area contributed by atoms with Gasteiger partial charge in [0.05, 0.1) is 0 Å². The molecule has 0 saturated carbocycles. The molecule has 0 saturated heterocycles. The first-order valence-electron chi connectivity index (χ1n) is 5.74. The molecule has 0 aliphatic heterocycles. The van der Waals surface area contributed by atoms with Gasteiger partial charge in [-0.3, -0.25) is 9.63 Å². The zero-order chi connectivity index (χ0) is 15.8. The summed E-state index contributed by atoms with van der Waals surface area (Å²) in [6.45, 7) is 4.70. The lowest BCUT2D eigenvalue weighted by molar-refractivity contribution is -0.127. The Kier molecular flexibility index (Phi) is 7.22. The van der Waals surface area contributed by atoms with Crippen LogP contribution in [-0.2, 0) is 24.2 Å². The molecule has 0 bridgehead atoms. The van der Waals surface area contributed by atoms with Crippen LogP contribution in [0.2, 0.25) is 0 Å². The molecular formula is C11H20N2O6S. The van der Waals surface area contributed by atoms with Gasteiger partial charge in [-0.25, -0.2) is 13.2 Å². The van der Waals surface area contributed by atoms with Crippen LogP contribution in [0.15, 0.2) is 11.5 Å². The zero-order valence-corrected chi connectivity index (χ0v) is 12.7. The van der Waals surface area contributed by atoms with Gasteiger partial charge in [-0.2, -0.15) is 5.48 Å². The quantitative estimate of drug-likeness (QED) is 0.674. The summed E-state index contributed by atoms with van der Waals surface area (Å²) in [6, 6.07) is 0. The molecule has 0 atom stereocenters. The average molecular weight is 308 g/mol. The first-order chi connectivity index (χ1) is 8.99. The average Bonchev–Trinajstić information content (AvgIpc) is 2.20. The van der Waals surface area contributed by atoms with E-state index in [0.717, 1.165) is 11.7 Å². The third-order valence-electron chi connectivity index (χ3n) is 1.52. The van der Waals surface area contributed by atoms with Crippen molar-refractivity contribution in [1.29, 1.82) is 0 Å². The first-order valence-corrected chi connectivity index (χ1v) is 7.69. The van der Waals surface area contributed by atoms with Crippen LogP contribution in [0.1, 0.15) is 20.8 Å². The molecule has 0 heterocycles. The lowest BCUT2D eigenvalue weighted by atomic mass is 10.2. The first kappa shape index (κ1) is 18.4. The molecule has 0 aliphatic rings. The number of sulfone groups is 1. The number of hydroxylamine groups is 1. The summed E-state index contributed by atoms with van der Waals surface area (Å²) in [4.78, 5) is 27.0. The van der Waals surface area contributed by atoms with Crippen LogP contribution in [0.5, 0.6) is 0 Å². The molecule has 2 amide bonds. The number of ether oxygens (including phenoxy) is 1. The van der Waals surface area contributed by atoms with Crippen molar-refractivity contribution < 1.29 is 27.6 Å². The van der Waals surface area contributed by atoms with E-state index in [1.165, 1.54) is 6.08 Å². The zero-order valence-electron chi connectivity index (χ0n) is 11.9. The molecule has 0 fully saturated rings. The molecule has 116 valence electrons. The van der Waals surface area contributed by atoms with Gasteiger partial charge in [-0.15, -0.1) is 0 Å². The maximum absolute atomic E-state index is 11.2. The van der Waals surface area contributed by atoms with Crippen LogP contribution in [0.4, 0.5) is 4.79 Å². The Morgan fingerprint density at radius 1 is 1.25 bits per heavy atom. The summed E-state index contributed by atoms with van der Waals surface area (Å²) in [5.41, 5.74) is 1.29. The van der Waals surface area contributed by atoms with E-state index in [2.05, 4.69) is 10.2 Å². The van der Waals surface area contributed by atoms with Crippen molar-refractivity contribution in [3.8, 4) is 0 Å². The van der Waals surface area contributed by atoms with Gasteiger partial charge >= 0.3 is 6.09 Å². The highest BCUT2D eigenvalue weighted by Crippen LogP contribution is 2.06. The number of carbonyl (C=O) groups is 2.